The molecule has 0 fully saturated rings. The van der Waals surface area contributed by atoms with Crippen LogP contribution in [0.4, 0.5) is 4.39 Å². The Morgan fingerprint density at radius 3 is 2.77 bits per heavy atom. The van der Waals surface area contributed by atoms with Crippen molar-refractivity contribution in [2.45, 2.75) is 13.5 Å². The lowest BCUT2D eigenvalue weighted by Gasteiger charge is -2.07. The summed E-state index contributed by atoms with van der Waals surface area (Å²) in [6.45, 7) is 2.06. The number of rotatable bonds is 4. The summed E-state index contributed by atoms with van der Waals surface area (Å²) in [5.74, 6) is 0.505. The molecular weight excluding hydrogens is 339 g/mol. The Morgan fingerprint density at radius 2 is 1.96 bits per heavy atom. The van der Waals surface area contributed by atoms with Gasteiger partial charge in [-0.3, -0.25) is 0 Å². The summed E-state index contributed by atoms with van der Waals surface area (Å²) in [6.07, 6.45) is 1.45. The number of benzene rings is 2. The number of aromatic nitrogens is 2. The summed E-state index contributed by atoms with van der Waals surface area (Å²) >= 11 is 0. The standard InChI is InChI=1S/C19H15FN2O4/c1-12-16(9-21-22(12)15-5-3-14(20)4-6-15)19(23)24-10-13-2-7-17-18(8-13)26-11-25-17/h2-9H,10-11H2,1H3. The highest BCUT2D eigenvalue weighted by Gasteiger charge is 2.18. The molecule has 4 rings (SSSR count). The zero-order valence-corrected chi connectivity index (χ0v) is 13.9. The third kappa shape index (κ3) is 2.99. The van der Waals surface area contributed by atoms with E-state index in [4.69, 9.17) is 14.2 Å². The average Bonchev–Trinajstić information content (AvgIpc) is 3.26. The largest absolute Gasteiger partial charge is 0.457 e. The second-order valence-corrected chi connectivity index (χ2v) is 5.80. The highest BCUT2D eigenvalue weighted by atomic mass is 19.1. The van der Waals surface area contributed by atoms with Crippen molar-refractivity contribution in [3.8, 4) is 17.2 Å². The first-order chi connectivity index (χ1) is 12.6. The lowest BCUT2D eigenvalue weighted by Crippen LogP contribution is -2.07. The number of hydrogen-bond acceptors (Lipinski definition) is 5. The van der Waals surface area contributed by atoms with Gasteiger partial charge >= 0.3 is 5.97 Å². The molecule has 0 aliphatic carbocycles. The van der Waals surface area contributed by atoms with E-state index in [1.807, 2.05) is 6.07 Å². The molecule has 0 spiro atoms. The number of esters is 1. The predicted molar refractivity (Wildman–Crippen MR) is 89.9 cm³/mol. The van der Waals surface area contributed by atoms with E-state index >= 15 is 0 Å². The molecule has 2 heterocycles. The van der Waals surface area contributed by atoms with Crippen LogP contribution in [0.2, 0.25) is 0 Å². The molecule has 6 nitrogen and oxygen atoms in total. The van der Waals surface area contributed by atoms with Crippen LogP contribution >= 0.6 is 0 Å². The summed E-state index contributed by atoms with van der Waals surface area (Å²) in [5, 5.41) is 4.20. The van der Waals surface area contributed by atoms with Crippen molar-refractivity contribution in [1.29, 1.82) is 0 Å². The van der Waals surface area contributed by atoms with E-state index in [1.54, 1.807) is 35.9 Å². The van der Waals surface area contributed by atoms with Gasteiger partial charge in [0.25, 0.3) is 0 Å². The molecule has 2 aromatic carbocycles. The van der Waals surface area contributed by atoms with Crippen molar-refractivity contribution in [3.63, 3.8) is 0 Å². The minimum absolute atomic E-state index is 0.108. The number of hydrogen-bond donors (Lipinski definition) is 0. The van der Waals surface area contributed by atoms with Gasteiger partial charge in [0, 0.05) is 0 Å². The van der Waals surface area contributed by atoms with Crippen LogP contribution in [0.3, 0.4) is 0 Å². The van der Waals surface area contributed by atoms with Crippen molar-refractivity contribution in [1.82, 2.24) is 9.78 Å². The SMILES string of the molecule is Cc1c(C(=O)OCc2ccc3c(c2)OCO3)cnn1-c1ccc(F)cc1. The summed E-state index contributed by atoms with van der Waals surface area (Å²) in [6, 6.07) is 11.2. The van der Waals surface area contributed by atoms with Gasteiger partial charge in [-0.25, -0.2) is 13.9 Å². The second-order valence-electron chi connectivity index (χ2n) is 5.80. The lowest BCUT2D eigenvalue weighted by atomic mass is 10.2. The molecule has 0 bridgehead atoms. The van der Waals surface area contributed by atoms with Gasteiger partial charge in [0.1, 0.15) is 18.0 Å². The van der Waals surface area contributed by atoms with Gasteiger partial charge < -0.3 is 14.2 Å². The van der Waals surface area contributed by atoms with Crippen LogP contribution in [0.15, 0.2) is 48.7 Å². The van der Waals surface area contributed by atoms with Crippen molar-refractivity contribution in [3.05, 3.63) is 71.3 Å². The van der Waals surface area contributed by atoms with Crippen LogP contribution in [0.25, 0.3) is 5.69 Å². The van der Waals surface area contributed by atoms with Gasteiger partial charge in [0.05, 0.1) is 17.6 Å². The fraction of sp³-hybridized carbons (Fsp3) is 0.158. The first-order valence-corrected chi connectivity index (χ1v) is 7.98. The zero-order valence-electron chi connectivity index (χ0n) is 13.9. The van der Waals surface area contributed by atoms with E-state index in [-0.39, 0.29) is 19.2 Å². The molecule has 0 saturated heterocycles. The Balaban J connectivity index is 1.47. The van der Waals surface area contributed by atoms with E-state index in [2.05, 4.69) is 5.10 Å². The van der Waals surface area contributed by atoms with Crippen LogP contribution in [0, 0.1) is 12.7 Å². The fourth-order valence-corrected chi connectivity index (χ4v) is 2.71. The Kier molecular flexibility index (Phi) is 4.04. The summed E-state index contributed by atoms with van der Waals surface area (Å²) in [7, 11) is 0. The maximum Gasteiger partial charge on any atom is 0.341 e. The first-order valence-electron chi connectivity index (χ1n) is 7.98. The van der Waals surface area contributed by atoms with Crippen LogP contribution in [-0.4, -0.2) is 22.5 Å². The van der Waals surface area contributed by atoms with Crippen molar-refractivity contribution >= 4 is 5.97 Å². The topological polar surface area (TPSA) is 62.6 Å². The van der Waals surface area contributed by atoms with E-state index in [0.717, 1.165) is 5.56 Å². The molecule has 7 heteroatoms. The number of fused-ring (bicyclic) bond motifs is 1. The molecule has 1 aliphatic rings. The molecule has 26 heavy (non-hydrogen) atoms. The van der Waals surface area contributed by atoms with Crippen LogP contribution in [-0.2, 0) is 11.3 Å². The molecule has 132 valence electrons. The highest BCUT2D eigenvalue weighted by molar-refractivity contribution is 5.90. The van der Waals surface area contributed by atoms with Gasteiger partial charge in [0.2, 0.25) is 6.79 Å². The highest BCUT2D eigenvalue weighted by Crippen LogP contribution is 2.32. The molecule has 1 aliphatic heterocycles. The molecule has 0 N–H and O–H groups in total. The minimum Gasteiger partial charge on any atom is -0.457 e. The smallest absolute Gasteiger partial charge is 0.341 e. The van der Waals surface area contributed by atoms with E-state index in [9.17, 15) is 9.18 Å². The van der Waals surface area contributed by atoms with E-state index in [1.165, 1.54) is 18.3 Å². The normalized spacial score (nSPS) is 12.2. The monoisotopic (exact) mass is 354 g/mol. The van der Waals surface area contributed by atoms with Crippen LogP contribution < -0.4 is 9.47 Å². The minimum atomic E-state index is -0.478. The Bertz CT molecular complexity index is 966. The second kappa shape index (κ2) is 6.51. The summed E-state index contributed by atoms with van der Waals surface area (Å²) in [5.41, 5.74) is 2.44. The van der Waals surface area contributed by atoms with Gasteiger partial charge in [-0.05, 0) is 48.9 Å². The van der Waals surface area contributed by atoms with E-state index < -0.39 is 5.97 Å². The third-order valence-corrected chi connectivity index (χ3v) is 4.11. The predicted octanol–water partition coefficient (Wildman–Crippen LogP) is 3.41. The maximum absolute atomic E-state index is 13.1. The summed E-state index contributed by atoms with van der Waals surface area (Å²) in [4.78, 5) is 12.4. The molecule has 0 amide bonds. The number of ether oxygens (including phenoxy) is 3. The molecular formula is C19H15FN2O4. The van der Waals surface area contributed by atoms with E-state index in [0.29, 0.717) is 28.4 Å². The molecule has 0 saturated carbocycles. The molecule has 1 aromatic heterocycles. The molecule has 0 atom stereocenters. The quantitative estimate of drug-likeness (QED) is 0.672. The van der Waals surface area contributed by atoms with Crippen LogP contribution in [0.1, 0.15) is 21.6 Å². The average molecular weight is 354 g/mol. The third-order valence-electron chi connectivity index (χ3n) is 4.11. The van der Waals surface area contributed by atoms with Gasteiger partial charge in [0.15, 0.2) is 11.5 Å². The maximum atomic E-state index is 13.1. The number of carbonyl (C=O) groups is 1. The Labute approximate surface area is 148 Å². The Hall–Kier alpha value is -3.35. The molecule has 0 radical (unpaired) electrons. The first kappa shape index (κ1) is 16.1. The zero-order chi connectivity index (χ0) is 18.1. The van der Waals surface area contributed by atoms with Crippen molar-refractivity contribution in [2.75, 3.05) is 6.79 Å². The number of nitrogens with zero attached hydrogens (tertiary/aromatic N) is 2. The fourth-order valence-electron chi connectivity index (χ4n) is 2.71. The molecule has 0 unspecified atom stereocenters. The summed E-state index contributed by atoms with van der Waals surface area (Å²) < 4.78 is 30.6. The van der Waals surface area contributed by atoms with Gasteiger partial charge in [-0.1, -0.05) is 6.07 Å². The molecule has 3 aromatic rings. The number of halogens is 1. The Morgan fingerprint density at radius 1 is 1.19 bits per heavy atom. The van der Waals surface area contributed by atoms with Gasteiger partial charge in [-0.2, -0.15) is 5.10 Å². The lowest BCUT2D eigenvalue weighted by molar-refractivity contribution is 0.0471. The van der Waals surface area contributed by atoms with Gasteiger partial charge in [-0.15, -0.1) is 0 Å². The van der Waals surface area contributed by atoms with Crippen molar-refractivity contribution < 1.29 is 23.4 Å². The number of carbonyl (C=O) groups excluding carboxylic acids is 1. The van der Waals surface area contributed by atoms with Crippen LogP contribution in [0.5, 0.6) is 11.5 Å². The van der Waals surface area contributed by atoms with Crippen molar-refractivity contribution in [2.24, 2.45) is 0 Å².